The summed E-state index contributed by atoms with van der Waals surface area (Å²) in [5.74, 6) is -0.521. The molecule has 0 fully saturated rings. The Balaban J connectivity index is 1.57. The van der Waals surface area contributed by atoms with Crippen molar-refractivity contribution in [1.82, 2.24) is 9.55 Å². The topological polar surface area (TPSA) is 64.0 Å². The van der Waals surface area contributed by atoms with Gasteiger partial charge in [0, 0.05) is 5.69 Å². The van der Waals surface area contributed by atoms with Crippen LogP contribution in [0.5, 0.6) is 0 Å². The van der Waals surface area contributed by atoms with E-state index in [0.29, 0.717) is 33.2 Å². The molecule has 2 aromatic heterocycles. The SMILES string of the molecule is Cc1cc(F)ccc1NC(=O)CSc1nc2ccsc2c(=O)n1Cc1ccccc1. The van der Waals surface area contributed by atoms with Gasteiger partial charge in [0.05, 0.1) is 17.8 Å². The van der Waals surface area contributed by atoms with Gasteiger partial charge in [0.1, 0.15) is 10.5 Å². The van der Waals surface area contributed by atoms with Crippen LogP contribution in [0, 0.1) is 12.7 Å². The first-order valence-corrected chi connectivity index (χ1v) is 11.1. The van der Waals surface area contributed by atoms with E-state index in [1.807, 2.05) is 35.7 Å². The molecule has 8 heteroatoms. The normalized spacial score (nSPS) is 11.0. The van der Waals surface area contributed by atoms with Crippen molar-refractivity contribution < 1.29 is 9.18 Å². The zero-order chi connectivity index (χ0) is 21.1. The van der Waals surface area contributed by atoms with Crippen molar-refractivity contribution in [2.75, 3.05) is 11.1 Å². The van der Waals surface area contributed by atoms with Crippen molar-refractivity contribution in [2.45, 2.75) is 18.6 Å². The van der Waals surface area contributed by atoms with Crippen LogP contribution in [0.25, 0.3) is 10.2 Å². The fourth-order valence-electron chi connectivity index (χ4n) is 3.02. The third kappa shape index (κ3) is 4.44. The lowest BCUT2D eigenvalue weighted by Crippen LogP contribution is -2.24. The maximum absolute atomic E-state index is 13.3. The van der Waals surface area contributed by atoms with Crippen LogP contribution in [0.15, 0.2) is 69.9 Å². The van der Waals surface area contributed by atoms with E-state index in [2.05, 4.69) is 10.3 Å². The number of aromatic nitrogens is 2. The van der Waals surface area contributed by atoms with Gasteiger partial charge in [-0.25, -0.2) is 9.37 Å². The molecule has 0 saturated carbocycles. The quantitative estimate of drug-likeness (QED) is 0.350. The van der Waals surface area contributed by atoms with Crippen molar-refractivity contribution >= 4 is 44.9 Å². The zero-order valence-electron chi connectivity index (χ0n) is 16.1. The van der Waals surface area contributed by atoms with Gasteiger partial charge in [-0.3, -0.25) is 14.2 Å². The number of hydrogen-bond acceptors (Lipinski definition) is 5. The molecule has 0 spiro atoms. The van der Waals surface area contributed by atoms with Crippen LogP contribution in [0.2, 0.25) is 0 Å². The molecular formula is C22H18FN3O2S2. The minimum absolute atomic E-state index is 0.0771. The number of anilines is 1. The van der Waals surface area contributed by atoms with Crippen LogP contribution < -0.4 is 10.9 Å². The summed E-state index contributed by atoms with van der Waals surface area (Å²) in [6, 6.07) is 15.7. The number of nitrogens with zero attached hydrogens (tertiary/aromatic N) is 2. The van der Waals surface area contributed by atoms with Gasteiger partial charge in [-0.15, -0.1) is 11.3 Å². The summed E-state index contributed by atoms with van der Waals surface area (Å²) in [6.07, 6.45) is 0. The minimum Gasteiger partial charge on any atom is -0.325 e. The highest BCUT2D eigenvalue weighted by atomic mass is 32.2. The average Bonchev–Trinajstić information content (AvgIpc) is 3.20. The standard InChI is InChI=1S/C22H18FN3O2S2/c1-14-11-16(23)7-8-17(14)24-19(27)13-30-22-25-18-9-10-29-20(18)21(28)26(22)12-15-5-3-2-4-6-15/h2-11H,12-13H2,1H3,(H,24,27). The van der Waals surface area contributed by atoms with Gasteiger partial charge < -0.3 is 5.32 Å². The van der Waals surface area contributed by atoms with E-state index in [9.17, 15) is 14.0 Å². The molecule has 30 heavy (non-hydrogen) atoms. The number of halogens is 1. The highest BCUT2D eigenvalue weighted by Crippen LogP contribution is 2.22. The van der Waals surface area contributed by atoms with E-state index >= 15 is 0 Å². The number of benzene rings is 2. The van der Waals surface area contributed by atoms with Crippen LogP contribution in [-0.4, -0.2) is 21.2 Å². The monoisotopic (exact) mass is 439 g/mol. The predicted octanol–water partition coefficient (Wildman–Crippen LogP) is 4.68. The summed E-state index contributed by atoms with van der Waals surface area (Å²) in [5.41, 5.74) is 2.70. The summed E-state index contributed by atoms with van der Waals surface area (Å²) in [6.45, 7) is 2.11. The second-order valence-corrected chi connectivity index (χ2v) is 8.56. The highest BCUT2D eigenvalue weighted by molar-refractivity contribution is 7.99. The van der Waals surface area contributed by atoms with Crippen LogP contribution in [0.4, 0.5) is 10.1 Å². The largest absolute Gasteiger partial charge is 0.325 e. The number of fused-ring (bicyclic) bond motifs is 1. The number of carbonyl (C=O) groups is 1. The maximum Gasteiger partial charge on any atom is 0.272 e. The molecule has 2 aromatic carbocycles. The minimum atomic E-state index is -0.349. The third-order valence-electron chi connectivity index (χ3n) is 4.51. The van der Waals surface area contributed by atoms with Crippen molar-refractivity contribution in [1.29, 1.82) is 0 Å². The van der Waals surface area contributed by atoms with Crippen molar-refractivity contribution in [3.63, 3.8) is 0 Å². The summed E-state index contributed by atoms with van der Waals surface area (Å²) >= 11 is 2.57. The molecule has 0 saturated heterocycles. The smallest absolute Gasteiger partial charge is 0.272 e. The van der Waals surface area contributed by atoms with E-state index in [4.69, 9.17) is 0 Å². The summed E-state index contributed by atoms with van der Waals surface area (Å²) in [5, 5.41) is 5.11. The van der Waals surface area contributed by atoms with Crippen molar-refractivity contribution in [3.05, 3.63) is 87.3 Å². The predicted molar refractivity (Wildman–Crippen MR) is 120 cm³/mol. The molecule has 152 valence electrons. The molecule has 2 heterocycles. The van der Waals surface area contributed by atoms with Gasteiger partial charge in [-0.2, -0.15) is 0 Å². The number of thioether (sulfide) groups is 1. The lowest BCUT2D eigenvalue weighted by Gasteiger charge is -2.13. The molecule has 4 aromatic rings. The van der Waals surface area contributed by atoms with Crippen LogP contribution in [0.3, 0.4) is 0 Å². The number of nitrogens with one attached hydrogen (secondary N) is 1. The van der Waals surface area contributed by atoms with E-state index in [1.54, 1.807) is 17.6 Å². The average molecular weight is 440 g/mol. The molecule has 0 aliphatic carbocycles. The summed E-state index contributed by atoms with van der Waals surface area (Å²) in [4.78, 5) is 30.1. The van der Waals surface area contributed by atoms with Gasteiger partial charge in [0.2, 0.25) is 5.91 Å². The van der Waals surface area contributed by atoms with E-state index < -0.39 is 0 Å². The maximum atomic E-state index is 13.3. The number of carbonyl (C=O) groups excluding carboxylic acids is 1. The lowest BCUT2D eigenvalue weighted by atomic mass is 10.2. The van der Waals surface area contributed by atoms with Gasteiger partial charge in [0.25, 0.3) is 5.56 Å². The lowest BCUT2D eigenvalue weighted by molar-refractivity contribution is -0.113. The fourth-order valence-corrected chi connectivity index (χ4v) is 4.60. The molecule has 0 unspecified atom stereocenters. The number of amides is 1. The fraction of sp³-hybridized carbons (Fsp3) is 0.136. The van der Waals surface area contributed by atoms with Gasteiger partial charge in [-0.05, 0) is 47.7 Å². The first-order valence-electron chi connectivity index (χ1n) is 9.22. The molecular weight excluding hydrogens is 421 g/mol. The molecule has 1 N–H and O–H groups in total. The number of thiophene rings is 1. The first kappa shape index (κ1) is 20.3. The summed E-state index contributed by atoms with van der Waals surface area (Å²) < 4.78 is 15.5. The van der Waals surface area contributed by atoms with Crippen LogP contribution in [-0.2, 0) is 11.3 Å². The molecule has 0 aliphatic rings. The second kappa shape index (κ2) is 8.81. The number of hydrogen-bond donors (Lipinski definition) is 1. The number of aryl methyl sites for hydroxylation is 1. The van der Waals surface area contributed by atoms with Crippen LogP contribution in [0.1, 0.15) is 11.1 Å². The molecule has 0 aliphatic heterocycles. The second-order valence-electron chi connectivity index (χ2n) is 6.70. The molecule has 0 bridgehead atoms. The molecule has 1 amide bonds. The van der Waals surface area contributed by atoms with Gasteiger partial charge in [0.15, 0.2) is 5.16 Å². The Labute approximate surface area is 180 Å². The van der Waals surface area contributed by atoms with Gasteiger partial charge in [-0.1, -0.05) is 42.1 Å². The van der Waals surface area contributed by atoms with Gasteiger partial charge >= 0.3 is 0 Å². The third-order valence-corrected chi connectivity index (χ3v) is 6.38. The zero-order valence-corrected chi connectivity index (χ0v) is 17.7. The van der Waals surface area contributed by atoms with Crippen molar-refractivity contribution in [3.8, 4) is 0 Å². The first-order chi connectivity index (χ1) is 14.5. The highest BCUT2D eigenvalue weighted by Gasteiger charge is 2.15. The molecule has 0 atom stereocenters. The van der Waals surface area contributed by atoms with E-state index in [1.165, 1.54) is 41.3 Å². The summed E-state index contributed by atoms with van der Waals surface area (Å²) in [7, 11) is 0. The Hall–Kier alpha value is -2.97. The number of rotatable bonds is 6. The molecule has 5 nitrogen and oxygen atoms in total. The van der Waals surface area contributed by atoms with Crippen molar-refractivity contribution in [2.24, 2.45) is 0 Å². The Kier molecular flexibility index (Phi) is 5.96. The van der Waals surface area contributed by atoms with E-state index in [-0.39, 0.29) is 23.0 Å². The Morgan fingerprint density at radius 3 is 2.77 bits per heavy atom. The molecule has 4 rings (SSSR count). The van der Waals surface area contributed by atoms with E-state index in [0.717, 1.165) is 5.56 Å². The Morgan fingerprint density at radius 2 is 2.00 bits per heavy atom. The Morgan fingerprint density at radius 1 is 1.20 bits per heavy atom. The Bertz CT molecular complexity index is 1270. The molecule has 0 radical (unpaired) electrons. The van der Waals surface area contributed by atoms with Crippen LogP contribution >= 0.6 is 23.1 Å².